The lowest BCUT2D eigenvalue weighted by Gasteiger charge is -2.37. The van der Waals surface area contributed by atoms with E-state index in [2.05, 4.69) is 15.9 Å². The molecule has 0 radical (unpaired) electrons. The lowest BCUT2D eigenvalue weighted by Crippen LogP contribution is -2.46. The largest absolute Gasteiger partial charge is 0.481 e. The number of aliphatic carboxylic acids is 2. The molecule has 2 unspecified atom stereocenters. The number of hydrogen-bond donors (Lipinski definition) is 4. The number of hydrogen-bond acceptors (Lipinski definition) is 6. The maximum atomic E-state index is 12.6. The highest BCUT2D eigenvalue weighted by atomic mass is 79.9. The van der Waals surface area contributed by atoms with E-state index in [-0.39, 0.29) is 23.1 Å². The Hall–Kier alpha value is -3.12. The fraction of sp³-hybridized carbons (Fsp3) is 0.462. The van der Waals surface area contributed by atoms with Crippen molar-refractivity contribution in [2.75, 3.05) is 11.5 Å². The van der Waals surface area contributed by atoms with Crippen molar-refractivity contribution in [1.82, 2.24) is 0 Å². The maximum Gasteiger partial charge on any atom is 0.349 e. The van der Waals surface area contributed by atoms with Gasteiger partial charge in [-0.05, 0) is 58.8 Å². The monoisotopic (exact) mass is 610 g/mol. The zero-order valence-electron chi connectivity index (χ0n) is 20.7. The van der Waals surface area contributed by atoms with Gasteiger partial charge in [0.1, 0.15) is 0 Å². The number of ether oxygens (including phenoxy) is 1. The molecular formula is C26H31BrN2O8S. The van der Waals surface area contributed by atoms with E-state index >= 15 is 0 Å². The molecule has 0 saturated heterocycles. The summed E-state index contributed by atoms with van der Waals surface area (Å²) in [7, 11) is 0. The number of thiophene rings is 1. The average Bonchev–Trinajstić information content (AvgIpc) is 3.19. The fourth-order valence-electron chi connectivity index (χ4n) is 4.95. The molecule has 0 bridgehead atoms. The molecule has 0 spiro atoms. The van der Waals surface area contributed by atoms with E-state index in [1.54, 1.807) is 29.2 Å². The molecule has 10 nitrogen and oxygen atoms in total. The van der Waals surface area contributed by atoms with Gasteiger partial charge in [-0.3, -0.25) is 9.69 Å². The number of carboxylic acids is 3. The molecule has 2 amide bonds. The number of amides is 2. The van der Waals surface area contributed by atoms with Crippen molar-refractivity contribution in [3.05, 3.63) is 33.6 Å². The van der Waals surface area contributed by atoms with E-state index in [1.165, 1.54) is 0 Å². The Morgan fingerprint density at radius 2 is 1.84 bits per heavy atom. The van der Waals surface area contributed by atoms with Crippen LogP contribution in [-0.2, 0) is 9.59 Å². The molecule has 12 heteroatoms. The zero-order valence-corrected chi connectivity index (χ0v) is 23.1. The summed E-state index contributed by atoms with van der Waals surface area (Å²) < 4.78 is 5.57. The number of benzene rings is 1. The van der Waals surface area contributed by atoms with Crippen LogP contribution in [0.25, 0.3) is 10.4 Å². The first-order valence-corrected chi connectivity index (χ1v) is 14.0. The van der Waals surface area contributed by atoms with Gasteiger partial charge < -0.3 is 25.8 Å². The molecule has 1 aromatic carbocycles. The molecule has 5 N–H and O–H groups in total. The van der Waals surface area contributed by atoms with Crippen molar-refractivity contribution in [2.45, 2.75) is 63.8 Å². The number of urea groups is 1. The standard InChI is InChI=1S/C26H31BrN2O8S/c27-21-22(37-14-20(32)33)24(25(34)35)38-23(21)16-8-5-10-18(13-16)29(26(28)36)17-9-4-7-15(12-17)6-2-1-3-11-19(30)31/h5,8,10,13,15,17H,1-4,6-7,9,11-12,14H2,(H2,28,36)(H,30,31)(H,32,33)(H,34,35). The highest BCUT2D eigenvalue weighted by Gasteiger charge is 2.30. The number of nitrogens with two attached hydrogens (primary N) is 1. The number of carbonyl (C=O) groups is 4. The van der Waals surface area contributed by atoms with Crippen LogP contribution in [0.15, 0.2) is 28.7 Å². The van der Waals surface area contributed by atoms with E-state index < -0.39 is 30.5 Å². The van der Waals surface area contributed by atoms with E-state index in [9.17, 15) is 24.3 Å². The van der Waals surface area contributed by atoms with Gasteiger partial charge in [0, 0.05) is 18.2 Å². The van der Waals surface area contributed by atoms with Crippen molar-refractivity contribution in [3.8, 4) is 16.2 Å². The van der Waals surface area contributed by atoms with Crippen molar-refractivity contribution in [2.24, 2.45) is 11.7 Å². The van der Waals surface area contributed by atoms with E-state index in [0.717, 1.165) is 56.3 Å². The minimum Gasteiger partial charge on any atom is -0.481 e. The predicted octanol–water partition coefficient (Wildman–Crippen LogP) is 5.82. The molecule has 38 heavy (non-hydrogen) atoms. The van der Waals surface area contributed by atoms with Gasteiger partial charge in [-0.15, -0.1) is 11.3 Å². The van der Waals surface area contributed by atoms with Gasteiger partial charge in [0.25, 0.3) is 0 Å². The molecule has 1 fully saturated rings. The van der Waals surface area contributed by atoms with E-state index in [4.69, 9.17) is 20.7 Å². The Balaban J connectivity index is 1.80. The minimum absolute atomic E-state index is 0.0597. The summed E-state index contributed by atoms with van der Waals surface area (Å²) in [5.74, 6) is -2.89. The van der Waals surface area contributed by atoms with Gasteiger partial charge in [-0.1, -0.05) is 44.2 Å². The third kappa shape index (κ3) is 7.70. The molecule has 1 aliphatic carbocycles. The van der Waals surface area contributed by atoms with Crippen LogP contribution in [0.1, 0.15) is 67.5 Å². The molecule has 1 heterocycles. The van der Waals surface area contributed by atoms with Crippen LogP contribution in [0.5, 0.6) is 5.75 Å². The molecule has 2 aromatic rings. The predicted molar refractivity (Wildman–Crippen MR) is 146 cm³/mol. The molecule has 1 saturated carbocycles. The summed E-state index contributed by atoms with van der Waals surface area (Å²) in [6.07, 6.45) is 7.24. The highest BCUT2D eigenvalue weighted by Crippen LogP contribution is 2.46. The average molecular weight is 612 g/mol. The van der Waals surface area contributed by atoms with Crippen molar-refractivity contribution < 1.29 is 39.2 Å². The number of nitrogens with zero attached hydrogens (tertiary/aromatic N) is 1. The molecule has 0 aliphatic heterocycles. The van der Waals surface area contributed by atoms with Crippen molar-refractivity contribution in [3.63, 3.8) is 0 Å². The van der Waals surface area contributed by atoms with Crippen molar-refractivity contribution in [1.29, 1.82) is 0 Å². The Labute approximate surface area is 232 Å². The molecule has 2 atom stereocenters. The fourth-order valence-corrected chi connectivity index (χ4v) is 6.83. The van der Waals surface area contributed by atoms with Crippen LogP contribution < -0.4 is 15.4 Å². The van der Waals surface area contributed by atoms with Gasteiger partial charge >= 0.3 is 23.9 Å². The first kappa shape index (κ1) is 29.4. The molecule has 3 rings (SSSR count). The third-order valence-electron chi connectivity index (χ3n) is 6.59. The quantitative estimate of drug-likeness (QED) is 0.206. The number of carbonyl (C=O) groups excluding carboxylic acids is 1. The van der Waals surface area contributed by atoms with E-state index in [0.29, 0.717) is 32.9 Å². The van der Waals surface area contributed by atoms with Gasteiger partial charge in [0.05, 0.1) is 9.35 Å². The minimum atomic E-state index is -1.24. The normalized spacial score (nSPS) is 17.1. The van der Waals surface area contributed by atoms with Crippen LogP contribution >= 0.6 is 27.3 Å². The second-order valence-corrected chi connectivity index (χ2v) is 11.1. The number of halogens is 1. The number of carboxylic acid groups (broad SMARTS) is 3. The Morgan fingerprint density at radius 1 is 1.08 bits per heavy atom. The van der Waals surface area contributed by atoms with Crippen molar-refractivity contribution >= 4 is 56.9 Å². The van der Waals surface area contributed by atoms with Crippen LogP contribution in [0.2, 0.25) is 0 Å². The molecule has 1 aromatic heterocycles. The SMILES string of the molecule is NC(=O)N(c1cccc(-c2sc(C(=O)O)c(OCC(=O)O)c2Br)c1)C1CCCC(CCCCCC(=O)O)C1. The van der Waals surface area contributed by atoms with Crippen LogP contribution in [-0.4, -0.2) is 51.9 Å². The smallest absolute Gasteiger partial charge is 0.349 e. The summed E-state index contributed by atoms with van der Waals surface area (Å²) in [5.41, 5.74) is 7.06. The topological polar surface area (TPSA) is 167 Å². The third-order valence-corrected chi connectivity index (χ3v) is 8.82. The molecular weight excluding hydrogens is 580 g/mol. The Kier molecular flexibility index (Phi) is 10.5. The first-order valence-electron chi connectivity index (χ1n) is 12.4. The maximum absolute atomic E-state index is 12.6. The van der Waals surface area contributed by atoms with E-state index in [1.807, 2.05) is 0 Å². The second-order valence-electron chi connectivity index (χ2n) is 9.33. The number of anilines is 1. The summed E-state index contributed by atoms with van der Waals surface area (Å²) in [4.78, 5) is 48.0. The van der Waals surface area contributed by atoms with Crippen LogP contribution in [0.3, 0.4) is 0 Å². The zero-order chi connectivity index (χ0) is 27.8. The summed E-state index contributed by atoms with van der Waals surface area (Å²) in [6.45, 7) is -0.688. The van der Waals surface area contributed by atoms with Crippen LogP contribution in [0.4, 0.5) is 10.5 Å². The Morgan fingerprint density at radius 3 is 2.50 bits per heavy atom. The molecule has 1 aliphatic rings. The summed E-state index contributed by atoms with van der Waals surface area (Å²) >= 11 is 4.31. The van der Waals surface area contributed by atoms with Crippen LogP contribution in [0, 0.1) is 5.92 Å². The lowest BCUT2D eigenvalue weighted by atomic mass is 9.82. The molecule has 206 valence electrons. The highest BCUT2D eigenvalue weighted by molar-refractivity contribution is 9.10. The Bertz CT molecular complexity index is 1180. The number of rotatable bonds is 13. The van der Waals surface area contributed by atoms with Gasteiger partial charge in [0.2, 0.25) is 0 Å². The van der Waals surface area contributed by atoms with Gasteiger partial charge in [-0.2, -0.15) is 0 Å². The summed E-state index contributed by atoms with van der Waals surface area (Å²) in [5, 5.41) is 27.4. The second kappa shape index (κ2) is 13.6. The number of aromatic carboxylic acids is 1. The first-order chi connectivity index (χ1) is 18.1. The van der Waals surface area contributed by atoms with Gasteiger partial charge in [-0.25, -0.2) is 14.4 Å². The van der Waals surface area contributed by atoms with Gasteiger partial charge in [0.15, 0.2) is 17.2 Å². The number of unbranched alkanes of at least 4 members (excludes halogenated alkanes) is 2. The lowest BCUT2D eigenvalue weighted by molar-refractivity contribution is -0.139. The number of primary amides is 1. The summed E-state index contributed by atoms with van der Waals surface area (Å²) in [6, 6.07) is 6.42.